The highest BCUT2D eigenvalue weighted by Gasteiger charge is 2.20. The SMILES string of the molecule is NC(=O)CC1CCN(Cc2ccc(Cl)nn2)CC1. The van der Waals surface area contributed by atoms with Gasteiger partial charge in [0, 0.05) is 13.0 Å². The Morgan fingerprint density at radius 2 is 2.11 bits per heavy atom. The molecule has 6 heteroatoms. The van der Waals surface area contributed by atoms with Crippen molar-refractivity contribution < 1.29 is 4.79 Å². The van der Waals surface area contributed by atoms with Crippen LogP contribution in [0.25, 0.3) is 0 Å². The minimum absolute atomic E-state index is 0.197. The molecule has 1 saturated heterocycles. The van der Waals surface area contributed by atoms with E-state index >= 15 is 0 Å². The number of hydrogen-bond acceptors (Lipinski definition) is 4. The Morgan fingerprint density at radius 3 is 2.67 bits per heavy atom. The predicted octanol–water partition coefficient (Wildman–Crippen LogP) is 1.22. The topological polar surface area (TPSA) is 72.1 Å². The molecule has 98 valence electrons. The largest absolute Gasteiger partial charge is 0.370 e. The van der Waals surface area contributed by atoms with Gasteiger partial charge in [0.15, 0.2) is 5.15 Å². The predicted molar refractivity (Wildman–Crippen MR) is 68.9 cm³/mol. The average molecular weight is 269 g/mol. The van der Waals surface area contributed by atoms with Crippen molar-refractivity contribution in [2.75, 3.05) is 13.1 Å². The molecule has 0 aliphatic carbocycles. The summed E-state index contributed by atoms with van der Waals surface area (Å²) < 4.78 is 0. The van der Waals surface area contributed by atoms with E-state index in [2.05, 4.69) is 15.1 Å². The summed E-state index contributed by atoms with van der Waals surface area (Å²) in [7, 11) is 0. The third-order valence-corrected chi connectivity index (χ3v) is 3.47. The van der Waals surface area contributed by atoms with Crippen molar-refractivity contribution in [2.45, 2.75) is 25.8 Å². The highest BCUT2D eigenvalue weighted by atomic mass is 35.5. The second-order valence-electron chi connectivity index (χ2n) is 4.74. The second-order valence-corrected chi connectivity index (χ2v) is 5.12. The number of halogens is 1. The maximum atomic E-state index is 10.8. The fourth-order valence-corrected chi connectivity index (χ4v) is 2.39. The Hall–Kier alpha value is -1.20. The molecule has 2 rings (SSSR count). The maximum absolute atomic E-state index is 10.8. The van der Waals surface area contributed by atoms with Gasteiger partial charge in [0.25, 0.3) is 0 Å². The summed E-state index contributed by atoms with van der Waals surface area (Å²) >= 11 is 5.69. The van der Waals surface area contributed by atoms with Crippen LogP contribution in [-0.4, -0.2) is 34.1 Å². The number of amides is 1. The van der Waals surface area contributed by atoms with E-state index in [1.807, 2.05) is 6.07 Å². The summed E-state index contributed by atoms with van der Waals surface area (Å²) in [6.07, 6.45) is 2.54. The van der Waals surface area contributed by atoms with Gasteiger partial charge >= 0.3 is 0 Å². The minimum Gasteiger partial charge on any atom is -0.370 e. The average Bonchev–Trinajstić information content (AvgIpc) is 2.34. The number of piperidine rings is 1. The Bertz CT molecular complexity index is 401. The first-order chi connectivity index (χ1) is 8.63. The molecular formula is C12H17ClN4O. The second kappa shape index (κ2) is 6.11. The number of hydrogen-bond donors (Lipinski definition) is 1. The summed E-state index contributed by atoms with van der Waals surface area (Å²) in [5.41, 5.74) is 6.14. The number of nitrogens with two attached hydrogens (primary N) is 1. The van der Waals surface area contributed by atoms with Crippen molar-refractivity contribution in [1.82, 2.24) is 15.1 Å². The van der Waals surface area contributed by atoms with Gasteiger partial charge in [-0.2, -0.15) is 5.10 Å². The summed E-state index contributed by atoms with van der Waals surface area (Å²) in [6.45, 7) is 2.73. The number of aromatic nitrogens is 2. The molecule has 0 radical (unpaired) electrons. The lowest BCUT2D eigenvalue weighted by Crippen LogP contribution is -2.34. The quantitative estimate of drug-likeness (QED) is 0.891. The van der Waals surface area contributed by atoms with Gasteiger partial charge in [-0.1, -0.05) is 11.6 Å². The smallest absolute Gasteiger partial charge is 0.217 e. The molecule has 0 spiro atoms. The first kappa shape index (κ1) is 13.2. The van der Waals surface area contributed by atoms with Gasteiger partial charge in [-0.3, -0.25) is 9.69 Å². The number of rotatable bonds is 4. The molecule has 5 nitrogen and oxygen atoms in total. The van der Waals surface area contributed by atoms with Crippen LogP contribution < -0.4 is 5.73 Å². The zero-order chi connectivity index (χ0) is 13.0. The van der Waals surface area contributed by atoms with Crippen molar-refractivity contribution in [3.63, 3.8) is 0 Å². The monoisotopic (exact) mass is 268 g/mol. The van der Waals surface area contributed by atoms with Crippen LogP contribution in [0.3, 0.4) is 0 Å². The molecule has 1 amide bonds. The van der Waals surface area contributed by atoms with E-state index in [1.165, 1.54) is 0 Å². The molecule has 1 fully saturated rings. The Kier molecular flexibility index (Phi) is 4.49. The van der Waals surface area contributed by atoms with Crippen LogP contribution in [0.5, 0.6) is 0 Å². The number of primary amides is 1. The standard InChI is InChI=1S/C12H17ClN4O/c13-11-2-1-10(15-16-11)8-17-5-3-9(4-6-17)7-12(14)18/h1-2,9H,3-8H2,(H2,14,18). The van der Waals surface area contributed by atoms with E-state index in [9.17, 15) is 4.79 Å². The first-order valence-corrected chi connectivity index (χ1v) is 6.50. The molecular weight excluding hydrogens is 252 g/mol. The van der Waals surface area contributed by atoms with Gasteiger partial charge < -0.3 is 5.73 Å². The molecule has 1 aliphatic heterocycles. The van der Waals surface area contributed by atoms with Gasteiger partial charge in [-0.05, 0) is 44.0 Å². The normalized spacial score (nSPS) is 17.8. The lowest BCUT2D eigenvalue weighted by Gasteiger charge is -2.30. The highest BCUT2D eigenvalue weighted by Crippen LogP contribution is 2.21. The summed E-state index contributed by atoms with van der Waals surface area (Å²) in [5, 5.41) is 8.28. The van der Waals surface area contributed by atoms with Crippen LogP contribution in [0.1, 0.15) is 25.0 Å². The number of carbonyl (C=O) groups excluding carboxylic acids is 1. The van der Waals surface area contributed by atoms with Gasteiger partial charge in [0.1, 0.15) is 0 Å². The third-order valence-electron chi connectivity index (χ3n) is 3.27. The van der Waals surface area contributed by atoms with Crippen molar-refractivity contribution >= 4 is 17.5 Å². The molecule has 0 aromatic carbocycles. The number of carbonyl (C=O) groups is 1. The maximum Gasteiger partial charge on any atom is 0.217 e. The number of likely N-dealkylation sites (tertiary alicyclic amines) is 1. The molecule has 2 N–H and O–H groups in total. The van der Waals surface area contributed by atoms with Crippen LogP contribution in [0.2, 0.25) is 5.15 Å². The molecule has 2 heterocycles. The van der Waals surface area contributed by atoms with Crippen molar-refractivity contribution in [1.29, 1.82) is 0 Å². The van der Waals surface area contributed by atoms with Crippen molar-refractivity contribution in [3.05, 3.63) is 23.0 Å². The molecule has 0 atom stereocenters. The molecule has 0 bridgehead atoms. The third kappa shape index (κ3) is 3.92. The van der Waals surface area contributed by atoms with Gasteiger partial charge in [-0.15, -0.1) is 5.10 Å². The zero-order valence-corrected chi connectivity index (χ0v) is 10.9. The van der Waals surface area contributed by atoms with Gasteiger partial charge in [0.2, 0.25) is 5.91 Å². The van der Waals surface area contributed by atoms with E-state index in [-0.39, 0.29) is 5.91 Å². The van der Waals surface area contributed by atoms with E-state index in [0.29, 0.717) is 17.5 Å². The van der Waals surface area contributed by atoms with Crippen LogP contribution in [-0.2, 0) is 11.3 Å². The summed E-state index contributed by atoms with van der Waals surface area (Å²) in [6, 6.07) is 3.65. The Labute approximate surface area is 111 Å². The molecule has 1 aromatic heterocycles. The van der Waals surface area contributed by atoms with E-state index in [4.69, 9.17) is 17.3 Å². The molecule has 18 heavy (non-hydrogen) atoms. The van der Waals surface area contributed by atoms with Crippen LogP contribution >= 0.6 is 11.6 Å². The fourth-order valence-electron chi connectivity index (χ4n) is 2.29. The minimum atomic E-state index is -0.197. The van der Waals surface area contributed by atoms with Gasteiger partial charge in [0.05, 0.1) is 5.69 Å². The molecule has 0 saturated carbocycles. The lowest BCUT2D eigenvalue weighted by molar-refractivity contribution is -0.119. The van der Waals surface area contributed by atoms with Crippen molar-refractivity contribution in [3.8, 4) is 0 Å². The summed E-state index contributed by atoms with van der Waals surface area (Å²) in [5.74, 6) is 0.243. The molecule has 1 aliphatic rings. The zero-order valence-electron chi connectivity index (χ0n) is 10.2. The molecule has 0 unspecified atom stereocenters. The van der Waals surface area contributed by atoms with E-state index in [0.717, 1.165) is 38.2 Å². The molecule has 1 aromatic rings. The fraction of sp³-hybridized carbons (Fsp3) is 0.583. The number of nitrogens with zero attached hydrogens (tertiary/aromatic N) is 3. The van der Waals surface area contributed by atoms with Crippen LogP contribution in [0.4, 0.5) is 0 Å². The Morgan fingerprint density at radius 1 is 1.39 bits per heavy atom. The van der Waals surface area contributed by atoms with E-state index < -0.39 is 0 Å². The van der Waals surface area contributed by atoms with Gasteiger partial charge in [-0.25, -0.2) is 0 Å². The van der Waals surface area contributed by atoms with Crippen molar-refractivity contribution in [2.24, 2.45) is 11.7 Å². The van der Waals surface area contributed by atoms with Crippen LogP contribution in [0.15, 0.2) is 12.1 Å². The van der Waals surface area contributed by atoms with Crippen LogP contribution in [0, 0.1) is 5.92 Å². The Balaban J connectivity index is 1.79. The lowest BCUT2D eigenvalue weighted by atomic mass is 9.93. The first-order valence-electron chi connectivity index (χ1n) is 6.12. The summed E-state index contributed by atoms with van der Waals surface area (Å²) in [4.78, 5) is 13.2. The highest BCUT2D eigenvalue weighted by molar-refractivity contribution is 6.29. The van der Waals surface area contributed by atoms with E-state index in [1.54, 1.807) is 6.07 Å².